The topological polar surface area (TPSA) is 32.5 Å². The van der Waals surface area contributed by atoms with Crippen molar-refractivity contribution in [3.63, 3.8) is 0 Å². The van der Waals surface area contributed by atoms with Crippen molar-refractivity contribution in [2.45, 2.75) is 31.8 Å². The fraction of sp³-hybridized carbons (Fsp3) is 0.600. The molecule has 1 aliphatic heterocycles. The van der Waals surface area contributed by atoms with Gasteiger partial charge in [-0.3, -0.25) is 0 Å². The third kappa shape index (κ3) is 2.85. The Morgan fingerprint density at radius 1 is 1.44 bits per heavy atom. The molecule has 2 atom stereocenters. The fourth-order valence-electron chi connectivity index (χ4n) is 2.84. The summed E-state index contributed by atoms with van der Waals surface area (Å²) in [6.07, 6.45) is 2.63. The monoisotopic (exact) mass is 247 g/mol. The van der Waals surface area contributed by atoms with Crippen LogP contribution in [0, 0.1) is 0 Å². The average molecular weight is 247 g/mol. The van der Waals surface area contributed by atoms with E-state index in [1.807, 2.05) is 6.92 Å². The van der Waals surface area contributed by atoms with Gasteiger partial charge in [0.15, 0.2) is 0 Å². The van der Waals surface area contributed by atoms with Crippen LogP contribution in [-0.2, 0) is 0 Å². The van der Waals surface area contributed by atoms with Gasteiger partial charge < -0.3 is 15.5 Å². The van der Waals surface area contributed by atoms with E-state index in [1.165, 1.54) is 30.6 Å². The molecule has 0 spiro atoms. The quantitative estimate of drug-likeness (QED) is 0.885. The molecule has 0 amide bonds. The van der Waals surface area contributed by atoms with Crippen LogP contribution in [0.1, 0.15) is 31.4 Å². The summed E-state index contributed by atoms with van der Waals surface area (Å²) in [6, 6.07) is 9.23. The molecule has 2 rings (SSSR count). The van der Waals surface area contributed by atoms with Gasteiger partial charge in [0.2, 0.25) is 0 Å². The van der Waals surface area contributed by atoms with Gasteiger partial charge in [-0.1, -0.05) is 18.2 Å². The van der Waals surface area contributed by atoms with Gasteiger partial charge in [0, 0.05) is 31.4 Å². The summed E-state index contributed by atoms with van der Waals surface area (Å²) in [4.78, 5) is 4.82. The van der Waals surface area contributed by atoms with Crippen molar-refractivity contribution in [2.24, 2.45) is 5.73 Å². The van der Waals surface area contributed by atoms with Crippen LogP contribution in [0.5, 0.6) is 0 Å². The molecule has 1 aromatic rings. The lowest BCUT2D eigenvalue weighted by atomic mass is 10.1. The van der Waals surface area contributed by atoms with Gasteiger partial charge in [-0.05, 0) is 45.0 Å². The van der Waals surface area contributed by atoms with E-state index in [0.29, 0.717) is 6.04 Å². The molecule has 0 saturated carbocycles. The van der Waals surface area contributed by atoms with Crippen LogP contribution in [0.4, 0.5) is 5.69 Å². The van der Waals surface area contributed by atoms with E-state index < -0.39 is 0 Å². The Hall–Kier alpha value is -1.06. The predicted molar refractivity (Wildman–Crippen MR) is 78.0 cm³/mol. The van der Waals surface area contributed by atoms with Crippen molar-refractivity contribution in [2.75, 3.05) is 32.1 Å². The SMILES string of the molecule is C[C@@H](N)c1ccccc1N(C)CC1CCCN1C. The van der Waals surface area contributed by atoms with Crippen LogP contribution >= 0.6 is 0 Å². The molecule has 2 N–H and O–H groups in total. The largest absolute Gasteiger partial charge is 0.373 e. The van der Waals surface area contributed by atoms with Crippen LogP contribution in [-0.4, -0.2) is 38.1 Å². The zero-order chi connectivity index (χ0) is 13.1. The van der Waals surface area contributed by atoms with Gasteiger partial charge in [0.25, 0.3) is 0 Å². The molecule has 1 fully saturated rings. The first-order valence-electron chi connectivity index (χ1n) is 6.85. The number of para-hydroxylation sites is 1. The molecule has 0 aliphatic carbocycles. The Balaban J connectivity index is 2.10. The number of nitrogens with two attached hydrogens (primary N) is 1. The van der Waals surface area contributed by atoms with E-state index in [-0.39, 0.29) is 6.04 Å². The number of likely N-dealkylation sites (N-methyl/N-ethyl adjacent to an activating group) is 2. The van der Waals surface area contributed by atoms with Crippen molar-refractivity contribution in [1.82, 2.24) is 4.90 Å². The normalized spacial score (nSPS) is 22.1. The fourth-order valence-corrected chi connectivity index (χ4v) is 2.84. The van der Waals surface area contributed by atoms with E-state index in [4.69, 9.17) is 5.73 Å². The summed E-state index contributed by atoms with van der Waals surface area (Å²) in [6.45, 7) is 4.36. The molecular formula is C15H25N3. The lowest BCUT2D eigenvalue weighted by molar-refractivity contribution is 0.314. The third-order valence-corrected chi connectivity index (χ3v) is 3.99. The predicted octanol–water partition coefficient (Wildman–Crippen LogP) is 2.24. The van der Waals surface area contributed by atoms with Gasteiger partial charge in [-0.15, -0.1) is 0 Å². The number of likely N-dealkylation sites (tertiary alicyclic amines) is 1. The van der Waals surface area contributed by atoms with Crippen molar-refractivity contribution in [3.05, 3.63) is 29.8 Å². The second-order valence-electron chi connectivity index (χ2n) is 5.50. The van der Waals surface area contributed by atoms with Gasteiger partial charge in [-0.25, -0.2) is 0 Å². The Labute approximate surface area is 111 Å². The number of benzene rings is 1. The number of anilines is 1. The number of nitrogens with zero attached hydrogens (tertiary/aromatic N) is 2. The Bertz CT molecular complexity index is 389. The van der Waals surface area contributed by atoms with Crippen LogP contribution in [0.15, 0.2) is 24.3 Å². The average Bonchev–Trinajstić information content (AvgIpc) is 2.75. The highest BCUT2D eigenvalue weighted by Crippen LogP contribution is 2.25. The summed E-state index contributed by atoms with van der Waals surface area (Å²) in [7, 11) is 4.40. The third-order valence-electron chi connectivity index (χ3n) is 3.99. The number of hydrogen-bond donors (Lipinski definition) is 1. The summed E-state index contributed by atoms with van der Waals surface area (Å²) < 4.78 is 0. The molecule has 1 aliphatic rings. The van der Waals surface area contributed by atoms with Crippen molar-refractivity contribution >= 4 is 5.69 Å². The molecule has 1 unspecified atom stereocenters. The van der Waals surface area contributed by atoms with E-state index >= 15 is 0 Å². The summed E-state index contributed by atoms with van der Waals surface area (Å²) in [5.41, 5.74) is 8.56. The smallest absolute Gasteiger partial charge is 0.0412 e. The first kappa shape index (κ1) is 13.4. The summed E-state index contributed by atoms with van der Waals surface area (Å²) in [5, 5.41) is 0. The van der Waals surface area contributed by atoms with Gasteiger partial charge >= 0.3 is 0 Å². The molecular weight excluding hydrogens is 222 g/mol. The van der Waals surface area contributed by atoms with Crippen LogP contribution < -0.4 is 10.6 Å². The minimum Gasteiger partial charge on any atom is -0.373 e. The summed E-state index contributed by atoms with van der Waals surface area (Å²) in [5.74, 6) is 0. The van der Waals surface area contributed by atoms with Gasteiger partial charge in [0.1, 0.15) is 0 Å². The first-order valence-corrected chi connectivity index (χ1v) is 6.85. The molecule has 18 heavy (non-hydrogen) atoms. The maximum atomic E-state index is 6.05. The Morgan fingerprint density at radius 2 is 2.17 bits per heavy atom. The van der Waals surface area contributed by atoms with Crippen molar-refractivity contribution < 1.29 is 0 Å². The van der Waals surface area contributed by atoms with Gasteiger partial charge in [-0.2, -0.15) is 0 Å². The molecule has 0 radical (unpaired) electrons. The standard InChI is InChI=1S/C15H25N3/c1-12(16)14-8-4-5-9-15(14)18(3)11-13-7-6-10-17(13)2/h4-5,8-9,12-13H,6-7,10-11,16H2,1-3H3/t12-,13?/m1/s1. The Morgan fingerprint density at radius 3 is 2.78 bits per heavy atom. The molecule has 1 heterocycles. The molecule has 3 nitrogen and oxygen atoms in total. The molecule has 0 bridgehead atoms. The highest BCUT2D eigenvalue weighted by molar-refractivity contribution is 5.54. The first-order chi connectivity index (χ1) is 8.59. The Kier molecular flexibility index (Phi) is 4.25. The zero-order valence-electron chi connectivity index (χ0n) is 11.8. The lowest BCUT2D eigenvalue weighted by Gasteiger charge is -2.29. The van der Waals surface area contributed by atoms with Crippen LogP contribution in [0.3, 0.4) is 0 Å². The number of hydrogen-bond acceptors (Lipinski definition) is 3. The van der Waals surface area contributed by atoms with Gasteiger partial charge in [0.05, 0.1) is 0 Å². The molecule has 1 aromatic carbocycles. The number of rotatable bonds is 4. The maximum absolute atomic E-state index is 6.05. The highest BCUT2D eigenvalue weighted by atomic mass is 15.2. The van der Waals surface area contributed by atoms with Crippen molar-refractivity contribution in [3.8, 4) is 0 Å². The summed E-state index contributed by atoms with van der Waals surface area (Å²) >= 11 is 0. The minimum absolute atomic E-state index is 0.0879. The molecule has 100 valence electrons. The van der Waals surface area contributed by atoms with E-state index in [0.717, 1.165) is 6.54 Å². The second kappa shape index (κ2) is 5.72. The van der Waals surface area contributed by atoms with E-state index in [2.05, 4.69) is 48.2 Å². The van der Waals surface area contributed by atoms with E-state index in [1.54, 1.807) is 0 Å². The van der Waals surface area contributed by atoms with E-state index in [9.17, 15) is 0 Å². The van der Waals surface area contributed by atoms with Crippen molar-refractivity contribution in [1.29, 1.82) is 0 Å². The van der Waals surface area contributed by atoms with Crippen LogP contribution in [0.25, 0.3) is 0 Å². The molecule has 3 heteroatoms. The lowest BCUT2D eigenvalue weighted by Crippen LogP contribution is -2.37. The molecule has 1 saturated heterocycles. The maximum Gasteiger partial charge on any atom is 0.0412 e. The zero-order valence-corrected chi connectivity index (χ0v) is 11.8. The minimum atomic E-state index is 0.0879. The highest BCUT2D eigenvalue weighted by Gasteiger charge is 2.23. The second-order valence-corrected chi connectivity index (χ2v) is 5.50. The molecule has 0 aromatic heterocycles. The van der Waals surface area contributed by atoms with Crippen LogP contribution in [0.2, 0.25) is 0 Å².